The molecule has 1 heterocycles. The van der Waals surface area contributed by atoms with Gasteiger partial charge in [0.15, 0.2) is 0 Å². The molecule has 1 fully saturated rings. The first-order valence-electron chi connectivity index (χ1n) is 7.22. The second-order valence-corrected chi connectivity index (χ2v) is 5.66. The molecule has 5 heteroatoms. The van der Waals surface area contributed by atoms with Crippen molar-refractivity contribution in [2.75, 3.05) is 19.7 Å². The summed E-state index contributed by atoms with van der Waals surface area (Å²) in [5.41, 5.74) is -0.318. The quantitative estimate of drug-likeness (QED) is 0.925. The van der Waals surface area contributed by atoms with Crippen molar-refractivity contribution in [3.63, 3.8) is 0 Å². The Morgan fingerprint density at radius 3 is 2.86 bits per heavy atom. The van der Waals surface area contributed by atoms with Crippen molar-refractivity contribution in [2.24, 2.45) is 5.41 Å². The summed E-state index contributed by atoms with van der Waals surface area (Å²) < 4.78 is 5.40. The van der Waals surface area contributed by atoms with Crippen molar-refractivity contribution in [2.45, 2.75) is 26.7 Å². The maximum Gasteiger partial charge on any atom is 0.311 e. The fourth-order valence-corrected chi connectivity index (χ4v) is 2.66. The number of aliphatic carboxylic acids is 1. The SMILES string of the molecule is CCOc1cccc(C(=O)N2CCCC(C)(C(=O)O)C2)c1. The second kappa shape index (κ2) is 6.16. The number of carboxylic acid groups (broad SMARTS) is 1. The van der Waals surface area contributed by atoms with Gasteiger partial charge in [0.25, 0.3) is 5.91 Å². The number of carboxylic acids is 1. The monoisotopic (exact) mass is 291 g/mol. The van der Waals surface area contributed by atoms with Crippen LogP contribution in [0.15, 0.2) is 24.3 Å². The molecule has 1 N–H and O–H groups in total. The number of ether oxygens (including phenoxy) is 1. The Bertz CT molecular complexity index is 543. The van der Waals surface area contributed by atoms with E-state index in [1.54, 1.807) is 36.1 Å². The third-order valence-electron chi connectivity index (χ3n) is 3.89. The summed E-state index contributed by atoms with van der Waals surface area (Å²) in [5, 5.41) is 9.32. The molecule has 1 aromatic carbocycles. The number of likely N-dealkylation sites (tertiary alicyclic amines) is 1. The van der Waals surface area contributed by atoms with Gasteiger partial charge in [0.05, 0.1) is 12.0 Å². The van der Waals surface area contributed by atoms with Crippen molar-refractivity contribution in [1.29, 1.82) is 0 Å². The van der Waals surface area contributed by atoms with Gasteiger partial charge in [-0.05, 0) is 44.9 Å². The van der Waals surface area contributed by atoms with Crippen LogP contribution in [0.1, 0.15) is 37.0 Å². The minimum Gasteiger partial charge on any atom is -0.494 e. The molecule has 21 heavy (non-hydrogen) atoms. The third kappa shape index (κ3) is 3.35. The van der Waals surface area contributed by atoms with E-state index in [1.165, 1.54) is 0 Å². The van der Waals surface area contributed by atoms with E-state index in [0.717, 1.165) is 0 Å². The highest BCUT2D eigenvalue weighted by molar-refractivity contribution is 5.95. The molecule has 5 nitrogen and oxygen atoms in total. The topological polar surface area (TPSA) is 66.8 Å². The highest BCUT2D eigenvalue weighted by Gasteiger charge is 2.39. The van der Waals surface area contributed by atoms with Crippen LogP contribution in [-0.2, 0) is 4.79 Å². The molecule has 1 amide bonds. The number of benzene rings is 1. The van der Waals surface area contributed by atoms with Crippen LogP contribution in [0.4, 0.5) is 0 Å². The smallest absolute Gasteiger partial charge is 0.311 e. The number of carbonyl (C=O) groups is 2. The van der Waals surface area contributed by atoms with E-state index in [4.69, 9.17) is 4.74 Å². The van der Waals surface area contributed by atoms with Crippen LogP contribution in [0, 0.1) is 5.41 Å². The second-order valence-electron chi connectivity index (χ2n) is 5.66. The van der Waals surface area contributed by atoms with Crippen LogP contribution in [0.5, 0.6) is 5.75 Å². The van der Waals surface area contributed by atoms with Crippen molar-refractivity contribution < 1.29 is 19.4 Å². The van der Waals surface area contributed by atoms with Crippen molar-refractivity contribution in [3.8, 4) is 5.75 Å². The average Bonchev–Trinajstić information content (AvgIpc) is 2.47. The molecule has 0 aromatic heterocycles. The summed E-state index contributed by atoms with van der Waals surface area (Å²) in [4.78, 5) is 25.5. The van der Waals surface area contributed by atoms with Gasteiger partial charge in [-0.15, -0.1) is 0 Å². The summed E-state index contributed by atoms with van der Waals surface area (Å²) in [6, 6.07) is 7.02. The van der Waals surface area contributed by atoms with Crippen LogP contribution in [0.25, 0.3) is 0 Å². The zero-order valence-corrected chi connectivity index (χ0v) is 12.5. The van der Waals surface area contributed by atoms with Crippen molar-refractivity contribution in [3.05, 3.63) is 29.8 Å². The molecular formula is C16H21NO4. The largest absolute Gasteiger partial charge is 0.494 e. The molecule has 1 atom stereocenters. The lowest BCUT2D eigenvalue weighted by molar-refractivity contribution is -0.150. The zero-order valence-electron chi connectivity index (χ0n) is 12.5. The lowest BCUT2D eigenvalue weighted by Gasteiger charge is -2.37. The summed E-state index contributed by atoms with van der Waals surface area (Å²) in [6.45, 7) is 4.97. The highest BCUT2D eigenvalue weighted by Crippen LogP contribution is 2.30. The van der Waals surface area contributed by atoms with Crippen LogP contribution in [0.3, 0.4) is 0 Å². The Labute approximate surface area is 124 Å². The molecular weight excluding hydrogens is 270 g/mol. The van der Waals surface area contributed by atoms with E-state index in [9.17, 15) is 14.7 Å². The standard InChI is InChI=1S/C16H21NO4/c1-3-21-13-7-4-6-12(10-13)14(18)17-9-5-8-16(2,11-17)15(19)20/h4,6-7,10H,3,5,8-9,11H2,1-2H3,(H,19,20). The predicted molar refractivity (Wildman–Crippen MR) is 78.5 cm³/mol. The number of nitrogens with zero attached hydrogens (tertiary/aromatic N) is 1. The number of carbonyl (C=O) groups excluding carboxylic acids is 1. The first-order valence-corrected chi connectivity index (χ1v) is 7.22. The minimum atomic E-state index is -0.856. The van der Waals surface area contributed by atoms with Gasteiger partial charge < -0.3 is 14.7 Å². The molecule has 1 aromatic rings. The molecule has 1 aliphatic rings. The van der Waals surface area contributed by atoms with Crippen LogP contribution in [0.2, 0.25) is 0 Å². The Balaban J connectivity index is 2.16. The molecule has 2 rings (SSSR count). The summed E-state index contributed by atoms with van der Waals surface area (Å²) in [6.07, 6.45) is 1.31. The fraction of sp³-hybridized carbons (Fsp3) is 0.500. The van der Waals surface area contributed by atoms with E-state index in [-0.39, 0.29) is 12.5 Å². The summed E-state index contributed by atoms with van der Waals surface area (Å²) >= 11 is 0. The Morgan fingerprint density at radius 1 is 1.43 bits per heavy atom. The van der Waals surface area contributed by atoms with Gasteiger partial charge in [-0.3, -0.25) is 9.59 Å². The zero-order chi connectivity index (χ0) is 15.5. The van der Waals surface area contributed by atoms with Gasteiger partial charge in [0, 0.05) is 18.7 Å². The fourth-order valence-electron chi connectivity index (χ4n) is 2.66. The molecule has 0 radical (unpaired) electrons. The van der Waals surface area contributed by atoms with Gasteiger partial charge in [-0.2, -0.15) is 0 Å². The molecule has 0 bridgehead atoms. The summed E-state index contributed by atoms with van der Waals surface area (Å²) in [7, 11) is 0. The van der Waals surface area contributed by atoms with Crippen molar-refractivity contribution in [1.82, 2.24) is 4.90 Å². The Kier molecular flexibility index (Phi) is 4.50. The molecule has 1 unspecified atom stereocenters. The van der Waals surface area contributed by atoms with Gasteiger partial charge in [0.2, 0.25) is 0 Å². The number of amides is 1. The first kappa shape index (κ1) is 15.4. The maximum absolute atomic E-state index is 12.5. The van der Waals surface area contributed by atoms with E-state index in [0.29, 0.717) is 37.3 Å². The van der Waals surface area contributed by atoms with Crippen LogP contribution < -0.4 is 4.74 Å². The maximum atomic E-state index is 12.5. The molecule has 114 valence electrons. The molecule has 0 saturated carbocycles. The van der Waals surface area contributed by atoms with E-state index in [2.05, 4.69) is 0 Å². The predicted octanol–water partition coefficient (Wildman–Crippen LogP) is 2.41. The third-order valence-corrected chi connectivity index (χ3v) is 3.89. The first-order chi connectivity index (χ1) is 9.96. The molecule has 0 spiro atoms. The van der Waals surface area contributed by atoms with Crippen molar-refractivity contribution >= 4 is 11.9 Å². The summed E-state index contributed by atoms with van der Waals surface area (Å²) in [5.74, 6) is -0.326. The minimum absolute atomic E-state index is 0.135. The van der Waals surface area contributed by atoms with Gasteiger partial charge >= 0.3 is 5.97 Å². The van der Waals surface area contributed by atoms with Crippen LogP contribution >= 0.6 is 0 Å². The molecule has 0 aliphatic carbocycles. The molecule has 1 aliphatic heterocycles. The Hall–Kier alpha value is -2.04. The lowest BCUT2D eigenvalue weighted by atomic mass is 9.82. The van der Waals surface area contributed by atoms with Gasteiger partial charge in [0.1, 0.15) is 5.75 Å². The number of hydrogen-bond acceptors (Lipinski definition) is 3. The number of piperidine rings is 1. The lowest BCUT2D eigenvalue weighted by Crippen LogP contribution is -2.48. The number of rotatable bonds is 4. The van der Waals surface area contributed by atoms with Gasteiger partial charge in [-0.1, -0.05) is 6.07 Å². The normalized spacial score (nSPS) is 21.9. The Morgan fingerprint density at radius 2 is 2.19 bits per heavy atom. The van der Waals surface area contributed by atoms with Gasteiger partial charge in [-0.25, -0.2) is 0 Å². The van der Waals surface area contributed by atoms with E-state index < -0.39 is 11.4 Å². The molecule has 1 saturated heterocycles. The van der Waals surface area contributed by atoms with E-state index in [1.807, 2.05) is 6.92 Å². The highest BCUT2D eigenvalue weighted by atomic mass is 16.5. The van der Waals surface area contributed by atoms with Crippen LogP contribution in [-0.4, -0.2) is 41.6 Å². The van der Waals surface area contributed by atoms with E-state index >= 15 is 0 Å². The number of hydrogen-bond donors (Lipinski definition) is 1. The average molecular weight is 291 g/mol.